The van der Waals surface area contributed by atoms with E-state index in [9.17, 15) is 13.2 Å². The maximum absolute atomic E-state index is 13.3. The molecule has 172 valence electrons. The van der Waals surface area contributed by atoms with Gasteiger partial charge in [-0.1, -0.05) is 0 Å². The highest BCUT2D eigenvalue weighted by Gasteiger charge is 2.32. The fraction of sp³-hybridized carbons (Fsp3) is 0.333. The van der Waals surface area contributed by atoms with E-state index in [1.165, 1.54) is 28.2 Å². The molecule has 0 aromatic carbocycles. The summed E-state index contributed by atoms with van der Waals surface area (Å²) < 4.78 is 33.3. The van der Waals surface area contributed by atoms with Gasteiger partial charge in [0.2, 0.25) is 10.0 Å². The number of anilines is 1. The Morgan fingerprint density at radius 1 is 1.21 bits per heavy atom. The Bertz CT molecular complexity index is 1450. The van der Waals surface area contributed by atoms with Crippen molar-refractivity contribution in [3.05, 3.63) is 41.3 Å². The number of carbonyl (C=O) groups excluding carboxylic acids is 1. The number of pyridine rings is 1. The van der Waals surface area contributed by atoms with Gasteiger partial charge in [0.05, 0.1) is 12.0 Å². The molecule has 0 spiro atoms. The minimum atomic E-state index is -3.67. The number of H-pyrrole nitrogens is 1. The topological polar surface area (TPSA) is 121 Å². The van der Waals surface area contributed by atoms with Gasteiger partial charge in [-0.05, 0) is 31.5 Å². The number of fused-ring (bicyclic) bond motifs is 2. The third-order valence-corrected chi connectivity index (χ3v) is 8.86. The summed E-state index contributed by atoms with van der Waals surface area (Å²) in [4.78, 5) is 31.8. The van der Waals surface area contributed by atoms with Crippen LogP contribution in [-0.4, -0.2) is 71.4 Å². The van der Waals surface area contributed by atoms with E-state index < -0.39 is 10.0 Å². The summed E-state index contributed by atoms with van der Waals surface area (Å²) in [6.45, 7) is 5.50. The molecule has 0 bridgehead atoms. The first-order valence-electron chi connectivity index (χ1n) is 10.5. The van der Waals surface area contributed by atoms with Crippen LogP contribution in [-0.2, 0) is 14.8 Å². The Kier molecular flexibility index (Phi) is 5.51. The van der Waals surface area contributed by atoms with Crippen molar-refractivity contribution in [2.75, 3.05) is 37.7 Å². The van der Waals surface area contributed by atoms with Gasteiger partial charge >= 0.3 is 5.97 Å². The number of aromatic nitrogens is 4. The number of hydrogen-bond acceptors (Lipinski definition) is 9. The van der Waals surface area contributed by atoms with E-state index in [2.05, 4.69) is 19.9 Å². The molecule has 0 radical (unpaired) electrons. The second-order valence-electron chi connectivity index (χ2n) is 7.60. The zero-order chi connectivity index (χ0) is 23.2. The van der Waals surface area contributed by atoms with Crippen molar-refractivity contribution in [1.82, 2.24) is 24.2 Å². The van der Waals surface area contributed by atoms with Crippen molar-refractivity contribution >= 4 is 54.4 Å². The lowest BCUT2D eigenvalue weighted by molar-refractivity contribution is 0.0531. The third kappa shape index (κ3) is 3.63. The summed E-state index contributed by atoms with van der Waals surface area (Å²) in [5, 5.41) is 1.39. The van der Waals surface area contributed by atoms with E-state index in [0.717, 1.165) is 10.9 Å². The molecule has 5 rings (SSSR count). The maximum atomic E-state index is 13.3. The molecule has 0 amide bonds. The first-order valence-corrected chi connectivity index (χ1v) is 12.8. The van der Waals surface area contributed by atoms with Crippen LogP contribution in [0, 0.1) is 6.92 Å². The molecule has 5 heterocycles. The maximum Gasteiger partial charge on any atom is 0.348 e. The van der Waals surface area contributed by atoms with Gasteiger partial charge in [0, 0.05) is 44.0 Å². The molecule has 4 aromatic heterocycles. The van der Waals surface area contributed by atoms with Gasteiger partial charge < -0.3 is 14.6 Å². The number of ether oxygens (including phenoxy) is 1. The molecule has 1 fully saturated rings. The fourth-order valence-corrected chi connectivity index (χ4v) is 6.72. The summed E-state index contributed by atoms with van der Waals surface area (Å²) in [6, 6.07) is 3.47. The predicted molar refractivity (Wildman–Crippen MR) is 125 cm³/mol. The van der Waals surface area contributed by atoms with E-state index in [4.69, 9.17) is 4.74 Å². The number of sulfonamides is 1. The number of esters is 1. The normalized spacial score (nSPS) is 15.4. The van der Waals surface area contributed by atoms with E-state index in [0.29, 0.717) is 59.3 Å². The number of thiophene rings is 1. The lowest BCUT2D eigenvalue weighted by Crippen LogP contribution is -2.49. The van der Waals surface area contributed by atoms with Crippen molar-refractivity contribution in [3.63, 3.8) is 0 Å². The Labute approximate surface area is 194 Å². The number of piperazine rings is 1. The minimum absolute atomic E-state index is 0.233. The molecule has 1 aliphatic heterocycles. The third-order valence-electron chi connectivity index (χ3n) is 5.74. The average molecular weight is 487 g/mol. The van der Waals surface area contributed by atoms with Crippen LogP contribution in [0.3, 0.4) is 0 Å². The molecule has 1 aliphatic rings. The molecule has 4 aromatic rings. The van der Waals surface area contributed by atoms with Crippen molar-refractivity contribution < 1.29 is 17.9 Å². The van der Waals surface area contributed by atoms with Crippen molar-refractivity contribution in [2.24, 2.45) is 0 Å². The highest BCUT2D eigenvalue weighted by Crippen LogP contribution is 2.36. The first-order chi connectivity index (χ1) is 15.9. The summed E-state index contributed by atoms with van der Waals surface area (Å²) in [7, 11) is -3.67. The summed E-state index contributed by atoms with van der Waals surface area (Å²) in [6.07, 6.45) is 4.60. The Balaban J connectivity index is 1.41. The van der Waals surface area contributed by atoms with Gasteiger partial charge in [-0.15, -0.1) is 11.3 Å². The molecule has 1 N–H and O–H groups in total. The van der Waals surface area contributed by atoms with Crippen LogP contribution in [0.15, 0.2) is 35.7 Å². The second kappa shape index (κ2) is 8.36. The van der Waals surface area contributed by atoms with Crippen LogP contribution in [0.2, 0.25) is 0 Å². The molecule has 0 atom stereocenters. The SMILES string of the molecule is CCOC(=O)c1sc2ncnc(N3CCN(S(=O)(=O)c4c[nH]c5ncccc45)CC3)c2c1C. The van der Waals surface area contributed by atoms with E-state index in [1.807, 2.05) is 11.8 Å². The zero-order valence-corrected chi connectivity index (χ0v) is 19.7. The van der Waals surface area contributed by atoms with E-state index in [1.54, 1.807) is 25.3 Å². The van der Waals surface area contributed by atoms with Crippen molar-refractivity contribution in [1.29, 1.82) is 0 Å². The standard InChI is InChI=1S/C21H22N6O4S2/c1-3-31-21(28)17-13(2)16-19(24-12-25-20(16)32-17)26-7-9-27(10-8-26)33(29,30)15-11-23-18-14(15)5-4-6-22-18/h4-6,11-12H,3,7-10H2,1-2H3,(H,22,23). The van der Waals surface area contributed by atoms with E-state index in [-0.39, 0.29) is 10.9 Å². The molecule has 0 aliphatic carbocycles. The van der Waals surface area contributed by atoms with Gasteiger partial charge in [0.15, 0.2) is 0 Å². The number of hydrogen-bond donors (Lipinski definition) is 1. The molecular weight excluding hydrogens is 464 g/mol. The molecule has 33 heavy (non-hydrogen) atoms. The summed E-state index contributed by atoms with van der Waals surface area (Å²) in [5.74, 6) is 0.339. The van der Waals surface area contributed by atoms with Gasteiger partial charge in [0.25, 0.3) is 0 Å². The number of nitrogens with zero attached hydrogens (tertiary/aromatic N) is 5. The Morgan fingerprint density at radius 3 is 2.76 bits per heavy atom. The number of carbonyl (C=O) groups is 1. The number of aryl methyl sites for hydroxylation is 1. The lowest BCUT2D eigenvalue weighted by atomic mass is 10.2. The quantitative estimate of drug-likeness (QED) is 0.427. The van der Waals surface area contributed by atoms with Gasteiger partial charge in [0.1, 0.15) is 32.4 Å². The molecule has 12 heteroatoms. The van der Waals surface area contributed by atoms with Crippen LogP contribution >= 0.6 is 11.3 Å². The number of aromatic amines is 1. The predicted octanol–water partition coefficient (Wildman–Crippen LogP) is 2.56. The Hall–Kier alpha value is -3.09. The molecular formula is C21H22N6O4S2. The molecule has 10 nitrogen and oxygen atoms in total. The lowest BCUT2D eigenvalue weighted by Gasteiger charge is -2.34. The number of rotatable bonds is 5. The molecule has 0 unspecified atom stereocenters. The number of nitrogens with one attached hydrogen (secondary N) is 1. The minimum Gasteiger partial charge on any atom is -0.462 e. The second-order valence-corrected chi connectivity index (χ2v) is 10.5. The van der Waals surface area contributed by atoms with Crippen LogP contribution in [0.1, 0.15) is 22.2 Å². The van der Waals surface area contributed by atoms with E-state index >= 15 is 0 Å². The van der Waals surface area contributed by atoms with Crippen molar-refractivity contribution in [2.45, 2.75) is 18.7 Å². The Morgan fingerprint density at radius 2 is 2.00 bits per heavy atom. The largest absolute Gasteiger partial charge is 0.462 e. The van der Waals surface area contributed by atoms with Crippen LogP contribution in [0.4, 0.5) is 5.82 Å². The zero-order valence-electron chi connectivity index (χ0n) is 18.1. The highest BCUT2D eigenvalue weighted by molar-refractivity contribution is 7.89. The van der Waals surface area contributed by atoms with Crippen LogP contribution < -0.4 is 4.90 Å². The summed E-state index contributed by atoms with van der Waals surface area (Å²) >= 11 is 1.29. The fourth-order valence-electron chi connectivity index (χ4n) is 4.11. The molecule has 1 saturated heterocycles. The monoisotopic (exact) mass is 486 g/mol. The van der Waals surface area contributed by atoms with Gasteiger partial charge in [-0.3, -0.25) is 0 Å². The van der Waals surface area contributed by atoms with Gasteiger partial charge in [-0.2, -0.15) is 4.31 Å². The van der Waals surface area contributed by atoms with Crippen LogP contribution in [0.5, 0.6) is 0 Å². The highest BCUT2D eigenvalue weighted by atomic mass is 32.2. The first kappa shape index (κ1) is 21.7. The van der Waals surface area contributed by atoms with Crippen molar-refractivity contribution in [3.8, 4) is 0 Å². The van der Waals surface area contributed by atoms with Crippen LogP contribution in [0.25, 0.3) is 21.3 Å². The smallest absolute Gasteiger partial charge is 0.348 e. The summed E-state index contributed by atoms with van der Waals surface area (Å²) in [5.41, 5.74) is 1.33. The average Bonchev–Trinajstić information content (AvgIpc) is 3.41. The van der Waals surface area contributed by atoms with Gasteiger partial charge in [-0.25, -0.2) is 28.2 Å². The molecule has 0 saturated carbocycles.